The molecule has 1 aromatic heterocycles. The molecular weight excluding hydrogens is 238 g/mol. The zero-order valence-corrected chi connectivity index (χ0v) is 12.5. The Hall–Kier alpha value is -0.840. The molecule has 4 heteroatoms. The Labute approximate surface area is 116 Å². The lowest BCUT2D eigenvalue weighted by Gasteiger charge is -2.20. The smallest absolute Gasteiger partial charge is 0.122 e. The summed E-state index contributed by atoms with van der Waals surface area (Å²) in [6, 6.07) is 2.61. The van der Waals surface area contributed by atoms with Gasteiger partial charge < -0.3 is 14.6 Å². The minimum atomic E-state index is 0.491. The van der Waals surface area contributed by atoms with E-state index in [-0.39, 0.29) is 0 Å². The average Bonchev–Trinajstić information content (AvgIpc) is 2.70. The predicted molar refractivity (Wildman–Crippen MR) is 78.1 cm³/mol. The average molecular weight is 265 g/mol. The van der Waals surface area contributed by atoms with Gasteiger partial charge in [-0.05, 0) is 32.6 Å². The van der Waals surface area contributed by atoms with Gasteiger partial charge in [0.2, 0.25) is 0 Å². The van der Waals surface area contributed by atoms with Crippen LogP contribution in [-0.2, 0) is 13.1 Å². The fourth-order valence-corrected chi connectivity index (χ4v) is 2.46. The molecule has 0 aromatic carbocycles. The number of hydrogen-bond acceptors (Lipinski definition) is 4. The summed E-state index contributed by atoms with van der Waals surface area (Å²) in [4.78, 5) is 4.95. The highest BCUT2D eigenvalue weighted by Crippen LogP contribution is 2.15. The highest BCUT2D eigenvalue weighted by atomic mass is 16.3. The van der Waals surface area contributed by atoms with E-state index in [1.165, 1.54) is 25.1 Å². The second-order valence-electron chi connectivity index (χ2n) is 5.84. The van der Waals surface area contributed by atoms with Gasteiger partial charge in [0.25, 0.3) is 0 Å². The lowest BCUT2D eigenvalue weighted by molar-refractivity contribution is 0.267. The number of nitrogens with zero attached hydrogens (tertiary/aromatic N) is 2. The van der Waals surface area contributed by atoms with Gasteiger partial charge in [0, 0.05) is 31.2 Å². The van der Waals surface area contributed by atoms with E-state index in [1.807, 2.05) is 6.26 Å². The number of nitrogens with one attached hydrogen (secondary N) is 1. The molecule has 0 aliphatic carbocycles. The van der Waals surface area contributed by atoms with Gasteiger partial charge in [-0.2, -0.15) is 0 Å². The maximum atomic E-state index is 5.61. The van der Waals surface area contributed by atoms with Gasteiger partial charge in [-0.15, -0.1) is 0 Å². The summed E-state index contributed by atoms with van der Waals surface area (Å²) in [6.07, 6.45) is 3.07. The molecule has 1 N–H and O–H groups in total. The number of furan rings is 1. The summed E-state index contributed by atoms with van der Waals surface area (Å²) < 4.78 is 5.61. The third kappa shape index (κ3) is 4.64. The fourth-order valence-electron chi connectivity index (χ4n) is 2.46. The second-order valence-corrected chi connectivity index (χ2v) is 5.84. The molecule has 0 saturated carbocycles. The number of hydrogen-bond donors (Lipinski definition) is 1. The van der Waals surface area contributed by atoms with Crippen LogP contribution in [0.4, 0.5) is 0 Å². The van der Waals surface area contributed by atoms with Crippen molar-refractivity contribution in [1.29, 1.82) is 0 Å². The summed E-state index contributed by atoms with van der Waals surface area (Å²) in [6.45, 7) is 10.9. The van der Waals surface area contributed by atoms with Gasteiger partial charge in [-0.1, -0.05) is 13.8 Å². The van der Waals surface area contributed by atoms with E-state index in [0.29, 0.717) is 6.04 Å². The zero-order valence-electron chi connectivity index (χ0n) is 12.5. The van der Waals surface area contributed by atoms with Crippen LogP contribution in [-0.4, -0.2) is 49.1 Å². The lowest BCUT2D eigenvalue weighted by atomic mass is 10.2. The van der Waals surface area contributed by atoms with Crippen LogP contribution in [0, 0.1) is 0 Å². The minimum absolute atomic E-state index is 0.491. The van der Waals surface area contributed by atoms with Gasteiger partial charge in [-0.25, -0.2) is 0 Å². The van der Waals surface area contributed by atoms with Crippen LogP contribution in [0.15, 0.2) is 16.7 Å². The number of likely N-dealkylation sites (N-methyl/N-ethyl adjacent to an activating group) is 1. The molecule has 1 aromatic rings. The normalized spacial score (nSPS) is 18.9. The molecule has 0 bridgehead atoms. The Morgan fingerprint density at radius 3 is 2.89 bits per heavy atom. The molecule has 0 spiro atoms. The van der Waals surface area contributed by atoms with Crippen LogP contribution in [0.25, 0.3) is 0 Å². The van der Waals surface area contributed by atoms with Crippen molar-refractivity contribution in [2.75, 3.05) is 33.2 Å². The third-order valence-electron chi connectivity index (χ3n) is 3.71. The quantitative estimate of drug-likeness (QED) is 0.881. The largest absolute Gasteiger partial charge is 0.468 e. The van der Waals surface area contributed by atoms with Crippen LogP contribution in [0.3, 0.4) is 0 Å². The summed E-state index contributed by atoms with van der Waals surface area (Å²) in [7, 11) is 2.21. The van der Waals surface area contributed by atoms with Crippen molar-refractivity contribution in [1.82, 2.24) is 15.1 Å². The summed E-state index contributed by atoms with van der Waals surface area (Å²) in [5.74, 6) is 1.09. The fraction of sp³-hybridized carbons (Fsp3) is 0.733. The first-order chi connectivity index (χ1) is 9.15. The van der Waals surface area contributed by atoms with Crippen molar-refractivity contribution >= 4 is 0 Å². The highest BCUT2D eigenvalue weighted by Gasteiger charge is 2.15. The van der Waals surface area contributed by atoms with E-state index in [4.69, 9.17) is 4.42 Å². The Kier molecular flexibility index (Phi) is 5.43. The van der Waals surface area contributed by atoms with E-state index in [2.05, 4.69) is 42.1 Å². The van der Waals surface area contributed by atoms with Crippen molar-refractivity contribution in [2.24, 2.45) is 0 Å². The Bertz CT molecular complexity index is 375. The van der Waals surface area contributed by atoms with Crippen molar-refractivity contribution in [3.63, 3.8) is 0 Å². The van der Waals surface area contributed by atoms with E-state index < -0.39 is 0 Å². The van der Waals surface area contributed by atoms with Crippen molar-refractivity contribution < 1.29 is 4.42 Å². The zero-order chi connectivity index (χ0) is 13.7. The molecule has 19 heavy (non-hydrogen) atoms. The van der Waals surface area contributed by atoms with E-state index in [9.17, 15) is 0 Å². The molecule has 0 radical (unpaired) electrons. The van der Waals surface area contributed by atoms with Crippen LogP contribution < -0.4 is 5.32 Å². The lowest BCUT2D eigenvalue weighted by Crippen LogP contribution is -2.29. The van der Waals surface area contributed by atoms with Gasteiger partial charge in [0.05, 0.1) is 12.8 Å². The van der Waals surface area contributed by atoms with Gasteiger partial charge in [-0.3, -0.25) is 4.90 Å². The predicted octanol–water partition coefficient (Wildman–Crippen LogP) is 1.92. The molecule has 0 unspecified atom stereocenters. The SMILES string of the molecule is CC(C)NCc1occc1CN1CCCN(C)CC1. The van der Waals surface area contributed by atoms with Crippen molar-refractivity contribution in [2.45, 2.75) is 39.4 Å². The van der Waals surface area contributed by atoms with Gasteiger partial charge in [0.1, 0.15) is 5.76 Å². The summed E-state index contributed by atoms with van der Waals surface area (Å²) in [5, 5.41) is 3.42. The molecule has 0 atom stereocenters. The van der Waals surface area contributed by atoms with Crippen LogP contribution in [0.2, 0.25) is 0 Å². The first kappa shape index (κ1) is 14.6. The molecule has 1 saturated heterocycles. The molecule has 2 rings (SSSR count). The molecule has 1 aliphatic heterocycles. The molecule has 1 aliphatic rings. The summed E-state index contributed by atoms with van der Waals surface area (Å²) >= 11 is 0. The van der Waals surface area contributed by atoms with Gasteiger partial charge in [0.15, 0.2) is 0 Å². The van der Waals surface area contributed by atoms with Crippen molar-refractivity contribution in [3.8, 4) is 0 Å². The third-order valence-corrected chi connectivity index (χ3v) is 3.71. The summed E-state index contributed by atoms with van der Waals surface area (Å²) in [5.41, 5.74) is 1.33. The molecule has 2 heterocycles. The first-order valence-corrected chi connectivity index (χ1v) is 7.34. The Balaban J connectivity index is 1.89. The first-order valence-electron chi connectivity index (χ1n) is 7.34. The molecule has 1 fully saturated rings. The monoisotopic (exact) mass is 265 g/mol. The molecule has 108 valence electrons. The van der Waals surface area contributed by atoms with Crippen LogP contribution >= 0.6 is 0 Å². The van der Waals surface area contributed by atoms with E-state index in [0.717, 1.165) is 31.9 Å². The van der Waals surface area contributed by atoms with Crippen molar-refractivity contribution in [3.05, 3.63) is 23.7 Å². The topological polar surface area (TPSA) is 31.7 Å². The number of rotatable bonds is 5. The Morgan fingerprint density at radius 1 is 1.26 bits per heavy atom. The molecule has 4 nitrogen and oxygen atoms in total. The Morgan fingerprint density at radius 2 is 2.11 bits per heavy atom. The molecular formula is C15H27N3O. The van der Waals surface area contributed by atoms with E-state index in [1.54, 1.807) is 0 Å². The van der Waals surface area contributed by atoms with E-state index >= 15 is 0 Å². The van der Waals surface area contributed by atoms with Crippen LogP contribution in [0.5, 0.6) is 0 Å². The van der Waals surface area contributed by atoms with Crippen LogP contribution in [0.1, 0.15) is 31.6 Å². The maximum absolute atomic E-state index is 5.61. The minimum Gasteiger partial charge on any atom is -0.468 e. The molecule has 0 amide bonds. The van der Waals surface area contributed by atoms with Gasteiger partial charge >= 0.3 is 0 Å². The second kappa shape index (κ2) is 7.08. The standard InChI is InChI=1S/C15H27N3O/c1-13(2)16-11-15-14(5-10-19-15)12-18-7-4-6-17(3)8-9-18/h5,10,13,16H,4,6-9,11-12H2,1-3H3. The highest BCUT2D eigenvalue weighted by molar-refractivity contribution is 5.17. The maximum Gasteiger partial charge on any atom is 0.122 e.